The molecular weight excluding hydrogens is 204 g/mol. The van der Waals surface area contributed by atoms with Crippen LogP contribution in [0.4, 0.5) is 0 Å². The number of benzene rings is 1. The van der Waals surface area contributed by atoms with E-state index in [0.29, 0.717) is 5.56 Å². The molecule has 0 unspecified atom stereocenters. The van der Waals surface area contributed by atoms with E-state index in [2.05, 4.69) is 6.07 Å². The molecule has 74 valence electrons. The standard InChI is InChI=1S/C12H10N2S/c13-8-9-3-5-10(6-4-9)12(14)11-2-1-7-15-11/h1-7,12H,14H2/t12-/m1/s1. The van der Waals surface area contributed by atoms with Crippen LogP contribution in [0, 0.1) is 11.3 Å². The van der Waals surface area contributed by atoms with E-state index in [-0.39, 0.29) is 6.04 Å². The highest BCUT2D eigenvalue weighted by atomic mass is 32.1. The van der Waals surface area contributed by atoms with Crippen molar-refractivity contribution in [1.29, 1.82) is 5.26 Å². The molecule has 0 bridgehead atoms. The molecule has 2 aromatic rings. The monoisotopic (exact) mass is 214 g/mol. The molecule has 0 spiro atoms. The summed E-state index contributed by atoms with van der Waals surface area (Å²) < 4.78 is 0. The molecule has 1 atom stereocenters. The molecule has 0 saturated carbocycles. The van der Waals surface area contributed by atoms with Crippen LogP contribution in [0.25, 0.3) is 0 Å². The van der Waals surface area contributed by atoms with Gasteiger partial charge in [0.15, 0.2) is 0 Å². The Morgan fingerprint density at radius 3 is 2.47 bits per heavy atom. The second-order valence-electron chi connectivity index (χ2n) is 3.23. The van der Waals surface area contributed by atoms with Gasteiger partial charge < -0.3 is 5.73 Å². The lowest BCUT2D eigenvalue weighted by Crippen LogP contribution is -2.09. The number of hydrogen-bond donors (Lipinski definition) is 1. The molecule has 0 saturated heterocycles. The SMILES string of the molecule is N#Cc1ccc([C@@H](N)c2cccs2)cc1. The van der Waals surface area contributed by atoms with Crippen LogP contribution in [-0.2, 0) is 0 Å². The largest absolute Gasteiger partial charge is 0.320 e. The first-order chi connectivity index (χ1) is 7.31. The predicted molar refractivity (Wildman–Crippen MR) is 61.5 cm³/mol. The van der Waals surface area contributed by atoms with Crippen LogP contribution in [-0.4, -0.2) is 0 Å². The third-order valence-corrected chi connectivity index (χ3v) is 3.20. The van der Waals surface area contributed by atoms with Gasteiger partial charge in [0, 0.05) is 4.88 Å². The molecule has 0 amide bonds. The van der Waals surface area contributed by atoms with Gasteiger partial charge in [-0.15, -0.1) is 11.3 Å². The lowest BCUT2D eigenvalue weighted by Gasteiger charge is -2.09. The van der Waals surface area contributed by atoms with Gasteiger partial charge in [-0.05, 0) is 29.1 Å². The van der Waals surface area contributed by atoms with Gasteiger partial charge in [-0.2, -0.15) is 5.26 Å². The van der Waals surface area contributed by atoms with E-state index in [4.69, 9.17) is 11.0 Å². The van der Waals surface area contributed by atoms with Crippen LogP contribution in [0.1, 0.15) is 22.0 Å². The van der Waals surface area contributed by atoms with Crippen molar-refractivity contribution in [3.63, 3.8) is 0 Å². The lowest BCUT2D eigenvalue weighted by atomic mass is 10.0. The quantitative estimate of drug-likeness (QED) is 0.835. The van der Waals surface area contributed by atoms with Crippen molar-refractivity contribution in [1.82, 2.24) is 0 Å². The molecular formula is C12H10N2S. The fourth-order valence-corrected chi connectivity index (χ4v) is 2.15. The summed E-state index contributed by atoms with van der Waals surface area (Å²) in [5, 5.41) is 10.7. The minimum Gasteiger partial charge on any atom is -0.320 e. The maximum atomic E-state index is 8.67. The highest BCUT2D eigenvalue weighted by Gasteiger charge is 2.08. The van der Waals surface area contributed by atoms with Gasteiger partial charge in [0.1, 0.15) is 0 Å². The van der Waals surface area contributed by atoms with Gasteiger partial charge in [0.2, 0.25) is 0 Å². The first-order valence-corrected chi connectivity index (χ1v) is 5.48. The maximum absolute atomic E-state index is 8.67. The molecule has 2 nitrogen and oxygen atoms in total. The summed E-state index contributed by atoms with van der Waals surface area (Å²) in [6.45, 7) is 0. The number of hydrogen-bond acceptors (Lipinski definition) is 3. The van der Waals surface area contributed by atoms with Crippen LogP contribution in [0.15, 0.2) is 41.8 Å². The van der Waals surface area contributed by atoms with Crippen LogP contribution < -0.4 is 5.73 Å². The third-order valence-electron chi connectivity index (χ3n) is 2.25. The van der Waals surface area contributed by atoms with Gasteiger partial charge in [0.05, 0.1) is 17.7 Å². The number of nitrogens with zero attached hydrogens (tertiary/aromatic N) is 1. The molecule has 2 N–H and O–H groups in total. The Bertz CT molecular complexity index is 465. The number of thiophene rings is 1. The van der Waals surface area contributed by atoms with E-state index in [9.17, 15) is 0 Å². The van der Waals surface area contributed by atoms with Gasteiger partial charge in [-0.3, -0.25) is 0 Å². The summed E-state index contributed by atoms with van der Waals surface area (Å²) in [6, 6.07) is 13.4. The fraction of sp³-hybridized carbons (Fsp3) is 0.0833. The van der Waals surface area contributed by atoms with Crippen molar-refractivity contribution in [2.24, 2.45) is 5.73 Å². The van der Waals surface area contributed by atoms with Crippen molar-refractivity contribution in [3.8, 4) is 6.07 Å². The summed E-state index contributed by atoms with van der Waals surface area (Å²) in [5.74, 6) is 0. The third kappa shape index (κ3) is 2.07. The lowest BCUT2D eigenvalue weighted by molar-refractivity contribution is 0.893. The zero-order chi connectivity index (χ0) is 10.7. The Hall–Kier alpha value is -1.63. The summed E-state index contributed by atoms with van der Waals surface area (Å²) in [4.78, 5) is 1.14. The first-order valence-electron chi connectivity index (χ1n) is 4.60. The topological polar surface area (TPSA) is 49.8 Å². The predicted octanol–water partition coefficient (Wildman–Crippen LogP) is 2.67. The Labute approximate surface area is 92.6 Å². The van der Waals surface area contributed by atoms with Gasteiger partial charge in [0.25, 0.3) is 0 Å². The molecule has 3 heteroatoms. The van der Waals surface area contributed by atoms with E-state index in [0.717, 1.165) is 10.4 Å². The molecule has 1 aromatic heterocycles. The molecule has 1 heterocycles. The van der Waals surface area contributed by atoms with E-state index in [1.54, 1.807) is 23.5 Å². The van der Waals surface area contributed by atoms with Crippen LogP contribution in [0.3, 0.4) is 0 Å². The van der Waals surface area contributed by atoms with Gasteiger partial charge in [-0.25, -0.2) is 0 Å². The molecule has 0 radical (unpaired) electrons. The van der Waals surface area contributed by atoms with Crippen molar-refractivity contribution in [2.75, 3.05) is 0 Å². The number of rotatable bonds is 2. The van der Waals surface area contributed by atoms with E-state index in [1.165, 1.54) is 0 Å². The van der Waals surface area contributed by atoms with Gasteiger partial charge in [-0.1, -0.05) is 18.2 Å². The average Bonchev–Trinajstić information content (AvgIpc) is 2.82. The maximum Gasteiger partial charge on any atom is 0.0991 e. The number of nitrogens with two attached hydrogens (primary N) is 1. The summed E-state index contributed by atoms with van der Waals surface area (Å²) in [7, 11) is 0. The Balaban J connectivity index is 2.27. The normalized spacial score (nSPS) is 12.0. The minimum absolute atomic E-state index is 0.0854. The summed E-state index contributed by atoms with van der Waals surface area (Å²) >= 11 is 1.65. The zero-order valence-corrected chi connectivity index (χ0v) is 8.87. The van der Waals surface area contributed by atoms with Crippen molar-refractivity contribution < 1.29 is 0 Å². The molecule has 0 aliphatic carbocycles. The first kappa shape index (κ1) is 9.91. The summed E-state index contributed by atoms with van der Waals surface area (Å²) in [6.07, 6.45) is 0. The zero-order valence-electron chi connectivity index (χ0n) is 8.05. The second kappa shape index (κ2) is 4.26. The highest BCUT2D eigenvalue weighted by Crippen LogP contribution is 2.23. The fourth-order valence-electron chi connectivity index (χ4n) is 1.40. The molecule has 15 heavy (non-hydrogen) atoms. The Morgan fingerprint density at radius 1 is 1.20 bits per heavy atom. The molecule has 0 aliphatic rings. The molecule has 0 fully saturated rings. The second-order valence-corrected chi connectivity index (χ2v) is 4.21. The van der Waals surface area contributed by atoms with Crippen molar-refractivity contribution in [3.05, 3.63) is 57.8 Å². The molecule has 0 aliphatic heterocycles. The van der Waals surface area contributed by atoms with Gasteiger partial charge >= 0.3 is 0 Å². The van der Waals surface area contributed by atoms with Crippen LogP contribution in [0.5, 0.6) is 0 Å². The smallest absolute Gasteiger partial charge is 0.0991 e. The minimum atomic E-state index is -0.0854. The van der Waals surface area contributed by atoms with E-state index >= 15 is 0 Å². The van der Waals surface area contributed by atoms with Crippen LogP contribution in [0.2, 0.25) is 0 Å². The van der Waals surface area contributed by atoms with E-state index in [1.807, 2.05) is 29.6 Å². The molecule has 1 aromatic carbocycles. The molecule has 2 rings (SSSR count). The Kier molecular flexibility index (Phi) is 2.82. The number of nitriles is 1. The van der Waals surface area contributed by atoms with Crippen LogP contribution >= 0.6 is 11.3 Å². The van der Waals surface area contributed by atoms with E-state index < -0.39 is 0 Å². The van der Waals surface area contributed by atoms with Crippen molar-refractivity contribution >= 4 is 11.3 Å². The van der Waals surface area contributed by atoms with Crippen molar-refractivity contribution in [2.45, 2.75) is 6.04 Å². The summed E-state index contributed by atoms with van der Waals surface area (Å²) in [5.41, 5.74) is 7.78. The average molecular weight is 214 g/mol. The highest BCUT2D eigenvalue weighted by molar-refractivity contribution is 7.10. The Morgan fingerprint density at radius 2 is 1.93 bits per heavy atom.